The van der Waals surface area contributed by atoms with Crippen molar-refractivity contribution < 1.29 is 4.74 Å². The maximum atomic E-state index is 5.46. The van der Waals surface area contributed by atoms with Gasteiger partial charge in [0.1, 0.15) is 5.82 Å². The molecule has 1 fully saturated rings. The predicted octanol–water partition coefficient (Wildman–Crippen LogP) is 1.35. The molecule has 3 rings (SSSR count). The summed E-state index contributed by atoms with van der Waals surface area (Å²) in [6, 6.07) is 3.90. The molecule has 3 heterocycles. The maximum Gasteiger partial charge on any atom is 0.178 e. The second kappa shape index (κ2) is 6.18. The van der Waals surface area contributed by atoms with E-state index >= 15 is 0 Å². The number of anilines is 1. The highest BCUT2D eigenvalue weighted by Gasteiger charge is 2.31. The Labute approximate surface area is 130 Å². The number of aromatic nitrogens is 4. The van der Waals surface area contributed by atoms with Crippen LogP contribution in [0.2, 0.25) is 0 Å². The number of fused-ring (bicyclic) bond motifs is 1. The highest BCUT2D eigenvalue weighted by molar-refractivity contribution is 5.44. The van der Waals surface area contributed by atoms with Crippen molar-refractivity contribution in [1.29, 1.82) is 0 Å². The number of ether oxygens (including phenoxy) is 1. The molecule has 7 heteroatoms. The van der Waals surface area contributed by atoms with Crippen LogP contribution in [-0.4, -0.2) is 63.1 Å². The molecule has 2 aromatic heterocycles. The lowest BCUT2D eigenvalue weighted by Crippen LogP contribution is -2.55. The van der Waals surface area contributed by atoms with Gasteiger partial charge in [0, 0.05) is 25.2 Å². The fraction of sp³-hybridized carbons (Fsp3) is 0.667. The Morgan fingerprint density at radius 1 is 1.27 bits per heavy atom. The monoisotopic (exact) mass is 304 g/mol. The van der Waals surface area contributed by atoms with Crippen LogP contribution in [-0.2, 0) is 4.74 Å². The van der Waals surface area contributed by atoms with Crippen LogP contribution < -0.4 is 5.32 Å². The predicted molar refractivity (Wildman–Crippen MR) is 85.1 cm³/mol. The van der Waals surface area contributed by atoms with Gasteiger partial charge in [-0.25, -0.2) is 0 Å². The summed E-state index contributed by atoms with van der Waals surface area (Å²) in [7, 11) is 0. The van der Waals surface area contributed by atoms with Gasteiger partial charge in [-0.3, -0.25) is 4.90 Å². The molecule has 0 bridgehead atoms. The van der Waals surface area contributed by atoms with Crippen molar-refractivity contribution in [3.05, 3.63) is 18.0 Å². The van der Waals surface area contributed by atoms with E-state index in [1.807, 2.05) is 19.1 Å². The summed E-state index contributed by atoms with van der Waals surface area (Å²) in [4.78, 5) is 2.51. The summed E-state index contributed by atoms with van der Waals surface area (Å²) >= 11 is 0. The Morgan fingerprint density at radius 3 is 2.77 bits per heavy atom. The number of morpholine rings is 1. The third-order valence-corrected chi connectivity index (χ3v) is 4.61. The number of nitrogens with one attached hydrogen (secondary N) is 1. The number of rotatable bonds is 5. The first-order valence-corrected chi connectivity index (χ1v) is 7.88. The molecule has 0 radical (unpaired) electrons. The molecule has 0 saturated carbocycles. The van der Waals surface area contributed by atoms with E-state index in [1.165, 1.54) is 0 Å². The van der Waals surface area contributed by atoms with Crippen LogP contribution in [0.1, 0.15) is 26.1 Å². The number of hydrogen-bond donors (Lipinski definition) is 1. The Kier molecular flexibility index (Phi) is 4.26. The molecule has 1 atom stereocenters. The van der Waals surface area contributed by atoms with Crippen molar-refractivity contribution in [3.63, 3.8) is 0 Å². The fourth-order valence-corrected chi connectivity index (χ4v) is 2.84. The zero-order valence-electron chi connectivity index (χ0n) is 13.5. The zero-order chi connectivity index (χ0) is 15.6. The number of nitrogens with zero attached hydrogens (tertiary/aromatic N) is 5. The third kappa shape index (κ3) is 2.91. The lowest BCUT2D eigenvalue weighted by atomic mass is 9.95. The van der Waals surface area contributed by atoms with Gasteiger partial charge in [0.15, 0.2) is 11.5 Å². The van der Waals surface area contributed by atoms with Crippen LogP contribution in [0.5, 0.6) is 0 Å². The molecule has 0 aromatic carbocycles. The van der Waals surface area contributed by atoms with Crippen LogP contribution in [0.25, 0.3) is 5.65 Å². The average molecular weight is 304 g/mol. The summed E-state index contributed by atoms with van der Waals surface area (Å²) in [6.07, 6.45) is 1.08. The standard InChI is InChI=1S/C15H24N6O/c1-4-15(3,20-7-9-22-10-8-20)11-16-13-5-6-14-18-17-12(2)21(14)19-13/h5-6H,4,7-11H2,1-3H3,(H,16,19). The largest absolute Gasteiger partial charge is 0.379 e. The summed E-state index contributed by atoms with van der Waals surface area (Å²) < 4.78 is 7.23. The Bertz CT molecular complexity index is 636. The minimum absolute atomic E-state index is 0.0999. The van der Waals surface area contributed by atoms with Crippen LogP contribution in [0.4, 0.5) is 5.82 Å². The molecule has 120 valence electrons. The van der Waals surface area contributed by atoms with Gasteiger partial charge >= 0.3 is 0 Å². The van der Waals surface area contributed by atoms with Crippen molar-refractivity contribution >= 4 is 11.5 Å². The summed E-state index contributed by atoms with van der Waals surface area (Å²) in [5, 5.41) is 16.1. The molecule has 1 N–H and O–H groups in total. The van der Waals surface area contributed by atoms with E-state index < -0.39 is 0 Å². The number of hydrogen-bond acceptors (Lipinski definition) is 6. The van der Waals surface area contributed by atoms with Crippen molar-refractivity contribution in [1.82, 2.24) is 24.7 Å². The van der Waals surface area contributed by atoms with Crippen LogP contribution >= 0.6 is 0 Å². The van der Waals surface area contributed by atoms with Crippen LogP contribution in [0.15, 0.2) is 12.1 Å². The van der Waals surface area contributed by atoms with Crippen molar-refractivity contribution in [2.24, 2.45) is 0 Å². The zero-order valence-corrected chi connectivity index (χ0v) is 13.5. The van der Waals surface area contributed by atoms with Gasteiger partial charge in [-0.15, -0.1) is 15.3 Å². The normalized spacial score (nSPS) is 19.2. The quantitative estimate of drug-likeness (QED) is 0.899. The first kappa shape index (κ1) is 15.2. The number of aryl methyl sites for hydroxylation is 1. The first-order chi connectivity index (χ1) is 10.6. The Balaban J connectivity index is 1.71. The van der Waals surface area contributed by atoms with Gasteiger partial charge < -0.3 is 10.1 Å². The van der Waals surface area contributed by atoms with Gasteiger partial charge in [-0.1, -0.05) is 6.92 Å². The minimum atomic E-state index is 0.0999. The van der Waals surface area contributed by atoms with Crippen molar-refractivity contribution in [2.45, 2.75) is 32.7 Å². The van der Waals surface area contributed by atoms with Crippen LogP contribution in [0, 0.1) is 6.92 Å². The van der Waals surface area contributed by atoms with E-state index in [4.69, 9.17) is 4.74 Å². The molecule has 1 saturated heterocycles. The molecule has 22 heavy (non-hydrogen) atoms. The average Bonchev–Trinajstić information content (AvgIpc) is 2.94. The van der Waals surface area contributed by atoms with E-state index in [2.05, 4.69) is 39.4 Å². The van der Waals surface area contributed by atoms with Crippen LogP contribution in [0.3, 0.4) is 0 Å². The highest BCUT2D eigenvalue weighted by Crippen LogP contribution is 2.21. The molecule has 7 nitrogen and oxygen atoms in total. The van der Waals surface area contributed by atoms with Crippen molar-refractivity contribution in [3.8, 4) is 0 Å². The van der Waals surface area contributed by atoms with E-state index in [0.29, 0.717) is 0 Å². The van der Waals surface area contributed by atoms with Gasteiger partial charge in [0.25, 0.3) is 0 Å². The molecular weight excluding hydrogens is 280 g/mol. The minimum Gasteiger partial charge on any atom is -0.379 e. The van der Waals surface area contributed by atoms with Gasteiger partial charge in [-0.05, 0) is 32.4 Å². The first-order valence-electron chi connectivity index (χ1n) is 7.88. The summed E-state index contributed by atoms with van der Waals surface area (Å²) in [6.45, 7) is 10.9. The second-order valence-electron chi connectivity index (χ2n) is 6.04. The molecule has 1 unspecified atom stereocenters. The fourth-order valence-electron chi connectivity index (χ4n) is 2.84. The molecule has 0 spiro atoms. The van der Waals surface area contributed by atoms with Crippen molar-refractivity contribution in [2.75, 3.05) is 38.2 Å². The lowest BCUT2D eigenvalue weighted by molar-refractivity contribution is -0.0131. The SMILES string of the molecule is CCC(C)(CNc1ccc2nnc(C)n2n1)N1CCOCC1. The second-order valence-corrected chi connectivity index (χ2v) is 6.04. The van der Waals surface area contributed by atoms with E-state index in [1.54, 1.807) is 4.52 Å². The maximum absolute atomic E-state index is 5.46. The summed E-state index contributed by atoms with van der Waals surface area (Å²) in [5.41, 5.74) is 0.873. The smallest absolute Gasteiger partial charge is 0.178 e. The molecule has 1 aliphatic heterocycles. The van der Waals surface area contributed by atoms with Gasteiger partial charge in [-0.2, -0.15) is 4.52 Å². The van der Waals surface area contributed by atoms with Gasteiger partial charge in [0.05, 0.1) is 13.2 Å². The molecular formula is C15H24N6O. The topological polar surface area (TPSA) is 67.6 Å². The highest BCUT2D eigenvalue weighted by atomic mass is 16.5. The molecule has 2 aromatic rings. The molecule has 1 aliphatic rings. The molecule has 0 aliphatic carbocycles. The van der Waals surface area contributed by atoms with E-state index in [9.17, 15) is 0 Å². The lowest BCUT2D eigenvalue weighted by Gasteiger charge is -2.43. The van der Waals surface area contributed by atoms with E-state index in [0.717, 1.165) is 56.6 Å². The Morgan fingerprint density at radius 2 is 2.05 bits per heavy atom. The Hall–Kier alpha value is -1.73. The molecule has 0 amide bonds. The summed E-state index contributed by atoms with van der Waals surface area (Å²) in [5.74, 6) is 1.65. The third-order valence-electron chi connectivity index (χ3n) is 4.61. The van der Waals surface area contributed by atoms with Gasteiger partial charge in [0.2, 0.25) is 0 Å². The van der Waals surface area contributed by atoms with E-state index in [-0.39, 0.29) is 5.54 Å².